The van der Waals surface area contributed by atoms with Gasteiger partial charge in [0.05, 0.1) is 15.5 Å². The lowest BCUT2D eigenvalue weighted by atomic mass is 10.00. The van der Waals surface area contributed by atoms with Crippen molar-refractivity contribution >= 4 is 17.3 Å². The molecule has 0 aromatic heterocycles. The molecule has 1 unspecified atom stereocenters. The van der Waals surface area contributed by atoms with Gasteiger partial charge in [-0.2, -0.15) is 0 Å². The minimum Gasteiger partial charge on any atom is -0.396 e. The summed E-state index contributed by atoms with van der Waals surface area (Å²) in [7, 11) is 0. The topological polar surface area (TPSA) is 75.4 Å². The Labute approximate surface area is 124 Å². The maximum atomic E-state index is 11.0. The first-order valence-corrected chi connectivity index (χ1v) is 7.21. The summed E-state index contributed by atoms with van der Waals surface area (Å²) in [6, 6.07) is 4.69. The number of rotatable bonds is 9. The first kappa shape index (κ1) is 16.9. The Hall–Kier alpha value is -1.17. The number of hydrogen-bond donors (Lipinski definition) is 2. The van der Waals surface area contributed by atoms with Gasteiger partial charge >= 0.3 is 0 Å². The number of nitrogens with zero attached hydrogens (tertiary/aromatic N) is 1. The molecule has 1 aromatic carbocycles. The molecule has 20 heavy (non-hydrogen) atoms. The normalized spacial score (nSPS) is 12.3. The smallest absolute Gasteiger partial charge is 0.275 e. The molecule has 0 aliphatic heterocycles. The van der Waals surface area contributed by atoms with Crippen molar-refractivity contribution in [2.75, 3.05) is 13.2 Å². The lowest BCUT2D eigenvalue weighted by Crippen LogP contribution is -2.23. The Kier molecular flexibility index (Phi) is 7.51. The van der Waals surface area contributed by atoms with Gasteiger partial charge in [-0.3, -0.25) is 10.1 Å². The summed E-state index contributed by atoms with van der Waals surface area (Å²) in [4.78, 5) is 10.5. The average Bonchev–Trinajstić information content (AvgIpc) is 2.40. The predicted octanol–water partition coefficient (Wildman–Crippen LogP) is 3.14. The highest BCUT2D eigenvalue weighted by molar-refractivity contribution is 6.31. The highest BCUT2D eigenvalue weighted by Crippen LogP contribution is 2.26. The van der Waals surface area contributed by atoms with Crippen LogP contribution in [0.1, 0.15) is 31.7 Å². The summed E-state index contributed by atoms with van der Waals surface area (Å²) in [5.74, 6) is 0.381. The fourth-order valence-corrected chi connectivity index (χ4v) is 2.47. The van der Waals surface area contributed by atoms with Crippen molar-refractivity contribution in [3.63, 3.8) is 0 Å². The Morgan fingerprint density at radius 2 is 2.20 bits per heavy atom. The van der Waals surface area contributed by atoms with E-state index in [-0.39, 0.29) is 12.3 Å². The van der Waals surface area contributed by atoms with Crippen LogP contribution in [0.15, 0.2) is 18.2 Å². The van der Waals surface area contributed by atoms with E-state index in [4.69, 9.17) is 16.7 Å². The van der Waals surface area contributed by atoms with Gasteiger partial charge in [0.15, 0.2) is 0 Å². The molecular formula is C14H21ClN2O3. The molecule has 0 bridgehead atoms. The molecule has 1 rings (SSSR count). The van der Waals surface area contributed by atoms with E-state index in [1.165, 1.54) is 6.07 Å². The third-order valence-electron chi connectivity index (χ3n) is 3.26. The molecule has 0 amide bonds. The van der Waals surface area contributed by atoms with Crippen LogP contribution in [0.5, 0.6) is 0 Å². The van der Waals surface area contributed by atoms with Crippen molar-refractivity contribution in [3.8, 4) is 0 Å². The Morgan fingerprint density at radius 3 is 2.80 bits per heavy atom. The van der Waals surface area contributed by atoms with Crippen molar-refractivity contribution in [1.82, 2.24) is 5.32 Å². The quantitative estimate of drug-likeness (QED) is 0.542. The second-order valence-corrected chi connectivity index (χ2v) is 5.20. The van der Waals surface area contributed by atoms with Crippen molar-refractivity contribution in [3.05, 3.63) is 38.9 Å². The minimum absolute atomic E-state index is 0.0409. The van der Waals surface area contributed by atoms with Crippen LogP contribution < -0.4 is 5.32 Å². The predicted molar refractivity (Wildman–Crippen MR) is 79.9 cm³/mol. The summed E-state index contributed by atoms with van der Waals surface area (Å²) in [6.07, 6.45) is 2.82. The van der Waals surface area contributed by atoms with Gasteiger partial charge in [0.1, 0.15) is 0 Å². The van der Waals surface area contributed by atoms with Crippen molar-refractivity contribution in [2.45, 2.75) is 32.7 Å². The van der Waals surface area contributed by atoms with Gasteiger partial charge in [0.2, 0.25) is 0 Å². The van der Waals surface area contributed by atoms with Gasteiger partial charge in [-0.15, -0.1) is 0 Å². The van der Waals surface area contributed by atoms with Crippen molar-refractivity contribution < 1.29 is 10.0 Å². The lowest BCUT2D eigenvalue weighted by Gasteiger charge is -2.16. The molecule has 1 aromatic rings. The van der Waals surface area contributed by atoms with Gasteiger partial charge in [0, 0.05) is 19.2 Å². The molecule has 0 aliphatic rings. The summed E-state index contributed by atoms with van der Waals surface area (Å²) in [5.41, 5.74) is 0.553. The number of hydrogen-bond acceptors (Lipinski definition) is 4. The van der Waals surface area contributed by atoms with Crippen molar-refractivity contribution in [2.24, 2.45) is 5.92 Å². The standard InChI is InChI=1S/C14H21ClN2O3/c1-2-4-11(7-8-18)9-16-10-12-13(15)5-3-6-14(12)17(19)20/h3,5-6,11,16,18H,2,4,7-10H2,1H3. The molecule has 0 aliphatic carbocycles. The second-order valence-electron chi connectivity index (χ2n) is 4.79. The van der Waals surface area contributed by atoms with E-state index in [0.29, 0.717) is 23.0 Å². The number of aliphatic hydroxyl groups excluding tert-OH is 1. The number of halogens is 1. The van der Waals surface area contributed by atoms with E-state index < -0.39 is 4.92 Å². The van der Waals surface area contributed by atoms with E-state index in [2.05, 4.69) is 12.2 Å². The first-order chi connectivity index (χ1) is 9.60. The van der Waals surface area contributed by atoms with E-state index in [0.717, 1.165) is 25.8 Å². The highest BCUT2D eigenvalue weighted by Gasteiger charge is 2.16. The van der Waals surface area contributed by atoms with Crippen LogP contribution in [0, 0.1) is 16.0 Å². The number of benzene rings is 1. The third kappa shape index (κ3) is 5.07. The van der Waals surface area contributed by atoms with E-state index in [1.54, 1.807) is 12.1 Å². The van der Waals surface area contributed by atoms with E-state index in [9.17, 15) is 10.1 Å². The van der Waals surface area contributed by atoms with Crippen LogP contribution in [0.25, 0.3) is 0 Å². The minimum atomic E-state index is -0.417. The maximum Gasteiger partial charge on any atom is 0.275 e. The summed E-state index contributed by atoms with van der Waals surface area (Å²) < 4.78 is 0. The molecule has 0 spiro atoms. The molecule has 0 fully saturated rings. The van der Waals surface area contributed by atoms with E-state index in [1.807, 2.05) is 0 Å². The molecule has 6 heteroatoms. The number of aliphatic hydroxyl groups is 1. The van der Waals surface area contributed by atoms with Crippen LogP contribution in [0.2, 0.25) is 5.02 Å². The largest absolute Gasteiger partial charge is 0.396 e. The summed E-state index contributed by atoms with van der Waals surface area (Å²) >= 11 is 6.03. The van der Waals surface area contributed by atoms with Crippen LogP contribution >= 0.6 is 11.6 Å². The Morgan fingerprint density at radius 1 is 1.45 bits per heavy atom. The highest BCUT2D eigenvalue weighted by atomic mass is 35.5. The fraction of sp³-hybridized carbons (Fsp3) is 0.571. The zero-order valence-electron chi connectivity index (χ0n) is 11.6. The first-order valence-electron chi connectivity index (χ1n) is 6.83. The van der Waals surface area contributed by atoms with Gasteiger partial charge in [0.25, 0.3) is 5.69 Å². The van der Waals surface area contributed by atoms with Crippen LogP contribution in [0.3, 0.4) is 0 Å². The number of nitrogens with one attached hydrogen (secondary N) is 1. The molecule has 5 nitrogen and oxygen atoms in total. The SMILES string of the molecule is CCCC(CCO)CNCc1c(Cl)cccc1[N+](=O)[O-]. The molecular weight excluding hydrogens is 280 g/mol. The summed E-state index contributed by atoms with van der Waals surface area (Å²) in [5, 5.41) is 23.6. The second kappa shape index (κ2) is 8.89. The molecule has 0 saturated carbocycles. The van der Waals surface area contributed by atoms with Crippen molar-refractivity contribution in [1.29, 1.82) is 0 Å². The van der Waals surface area contributed by atoms with E-state index >= 15 is 0 Å². The molecule has 0 saturated heterocycles. The zero-order valence-corrected chi connectivity index (χ0v) is 12.4. The average molecular weight is 301 g/mol. The third-order valence-corrected chi connectivity index (χ3v) is 3.61. The summed E-state index contributed by atoms with van der Waals surface area (Å²) in [6.45, 7) is 3.35. The molecule has 0 radical (unpaired) electrons. The molecule has 112 valence electrons. The van der Waals surface area contributed by atoms with Gasteiger partial charge < -0.3 is 10.4 Å². The van der Waals surface area contributed by atoms with Crippen LogP contribution in [-0.4, -0.2) is 23.2 Å². The molecule has 2 N–H and O–H groups in total. The van der Waals surface area contributed by atoms with Gasteiger partial charge in [-0.05, 0) is 31.4 Å². The van der Waals surface area contributed by atoms with Crippen LogP contribution in [0.4, 0.5) is 5.69 Å². The molecule has 1 atom stereocenters. The Balaban J connectivity index is 2.63. The van der Waals surface area contributed by atoms with Crippen LogP contribution in [-0.2, 0) is 6.54 Å². The monoisotopic (exact) mass is 300 g/mol. The zero-order chi connectivity index (χ0) is 15.0. The number of nitro benzene ring substituents is 1. The van der Waals surface area contributed by atoms with Gasteiger partial charge in [-0.1, -0.05) is 31.0 Å². The maximum absolute atomic E-state index is 11.0. The fourth-order valence-electron chi connectivity index (χ4n) is 2.23. The van der Waals surface area contributed by atoms with Gasteiger partial charge in [-0.25, -0.2) is 0 Å². The molecule has 0 heterocycles. The number of nitro groups is 1. The lowest BCUT2D eigenvalue weighted by molar-refractivity contribution is -0.385. The Bertz CT molecular complexity index is 434.